The van der Waals surface area contributed by atoms with E-state index in [1.165, 1.54) is 0 Å². The highest BCUT2D eigenvalue weighted by Crippen LogP contribution is 2.28. The normalized spacial score (nSPS) is 26.6. The van der Waals surface area contributed by atoms with E-state index in [1.807, 2.05) is 6.92 Å². The maximum atomic E-state index is 5.87. The van der Waals surface area contributed by atoms with E-state index in [1.54, 1.807) is 12.4 Å². The van der Waals surface area contributed by atoms with Gasteiger partial charge in [-0.05, 0) is 19.8 Å². The molecule has 0 spiro atoms. The molecule has 1 N–H and O–H groups in total. The number of rotatable bonds is 2. The number of nitrogens with zero attached hydrogens (tertiary/aromatic N) is 2. The van der Waals surface area contributed by atoms with Gasteiger partial charge in [-0.2, -0.15) is 0 Å². The minimum atomic E-state index is 0.342. The van der Waals surface area contributed by atoms with E-state index < -0.39 is 0 Å². The van der Waals surface area contributed by atoms with Crippen LogP contribution in [-0.4, -0.2) is 21.4 Å². The van der Waals surface area contributed by atoms with Crippen molar-refractivity contribution in [3.05, 3.63) is 18.1 Å². The third kappa shape index (κ3) is 1.91. The molecule has 13 heavy (non-hydrogen) atoms. The Labute approximate surface area is 82.5 Å². The fourth-order valence-corrected chi connectivity index (χ4v) is 1.84. The van der Waals surface area contributed by atoms with E-state index in [-0.39, 0.29) is 0 Å². The molecule has 0 bridgehead atoms. The smallest absolute Gasteiger partial charge is 0.147 e. The Morgan fingerprint density at radius 3 is 2.69 bits per heavy atom. The molecule has 1 saturated carbocycles. The van der Waals surface area contributed by atoms with Crippen molar-refractivity contribution in [1.82, 2.24) is 9.97 Å². The van der Waals surface area contributed by atoms with E-state index in [0.29, 0.717) is 11.4 Å². The summed E-state index contributed by atoms with van der Waals surface area (Å²) in [6.45, 7) is 1.95. The van der Waals surface area contributed by atoms with Crippen LogP contribution in [0.5, 0.6) is 0 Å². The topological polar surface area (TPSA) is 37.8 Å². The number of aromatic nitrogens is 2. The summed E-state index contributed by atoms with van der Waals surface area (Å²) >= 11 is 5.87. The molecule has 0 unspecified atom stereocenters. The summed E-state index contributed by atoms with van der Waals surface area (Å²) in [5, 5.41) is 3.66. The maximum Gasteiger partial charge on any atom is 0.147 e. The molecule has 1 aliphatic carbocycles. The molecule has 1 heterocycles. The van der Waals surface area contributed by atoms with Crippen LogP contribution in [0.15, 0.2) is 12.4 Å². The number of alkyl halides is 1. The molecule has 0 atom stereocenters. The molecule has 1 aromatic rings. The Hall–Kier alpha value is -0.830. The fourth-order valence-electron chi connectivity index (χ4n) is 1.41. The first-order valence-corrected chi connectivity index (χ1v) is 4.87. The van der Waals surface area contributed by atoms with Crippen LogP contribution in [0, 0.1) is 6.92 Å². The van der Waals surface area contributed by atoms with E-state index in [9.17, 15) is 0 Å². The molecular weight excluding hydrogens is 186 g/mol. The monoisotopic (exact) mass is 197 g/mol. The van der Waals surface area contributed by atoms with Crippen LogP contribution in [0.4, 0.5) is 5.82 Å². The molecule has 2 rings (SSSR count). The maximum absolute atomic E-state index is 5.87. The molecule has 4 heteroatoms. The molecule has 1 aliphatic rings. The number of nitrogens with one attached hydrogen (secondary N) is 1. The van der Waals surface area contributed by atoms with Gasteiger partial charge in [0.15, 0.2) is 0 Å². The molecule has 3 nitrogen and oxygen atoms in total. The summed E-state index contributed by atoms with van der Waals surface area (Å²) in [6.07, 6.45) is 5.45. The van der Waals surface area contributed by atoms with Crippen molar-refractivity contribution in [1.29, 1.82) is 0 Å². The molecule has 1 aromatic heterocycles. The van der Waals surface area contributed by atoms with Gasteiger partial charge in [-0.15, -0.1) is 11.6 Å². The third-order valence-corrected chi connectivity index (χ3v) is 2.66. The number of halogens is 1. The predicted molar refractivity (Wildman–Crippen MR) is 53.1 cm³/mol. The lowest BCUT2D eigenvalue weighted by Crippen LogP contribution is -2.36. The van der Waals surface area contributed by atoms with Crippen molar-refractivity contribution in [3.63, 3.8) is 0 Å². The Kier molecular flexibility index (Phi) is 2.36. The zero-order valence-electron chi connectivity index (χ0n) is 7.50. The van der Waals surface area contributed by atoms with Crippen molar-refractivity contribution in [2.45, 2.75) is 31.2 Å². The van der Waals surface area contributed by atoms with Crippen LogP contribution in [-0.2, 0) is 0 Å². The lowest BCUT2D eigenvalue weighted by Gasteiger charge is -2.32. The summed E-state index contributed by atoms with van der Waals surface area (Å²) in [5.41, 5.74) is 0.945. The Morgan fingerprint density at radius 1 is 1.38 bits per heavy atom. The van der Waals surface area contributed by atoms with E-state index in [4.69, 9.17) is 11.6 Å². The largest absolute Gasteiger partial charge is 0.366 e. The average Bonchev–Trinajstić information content (AvgIpc) is 2.06. The highest BCUT2D eigenvalue weighted by molar-refractivity contribution is 6.21. The predicted octanol–water partition coefficient (Wildman–Crippen LogP) is 1.97. The van der Waals surface area contributed by atoms with Gasteiger partial charge in [0.25, 0.3) is 0 Å². The number of hydrogen-bond acceptors (Lipinski definition) is 3. The van der Waals surface area contributed by atoms with Crippen molar-refractivity contribution < 1.29 is 0 Å². The molecule has 0 aliphatic heterocycles. The molecule has 1 fully saturated rings. The summed E-state index contributed by atoms with van der Waals surface area (Å²) in [5.74, 6) is 0.885. The van der Waals surface area contributed by atoms with Crippen LogP contribution >= 0.6 is 11.6 Å². The zero-order valence-corrected chi connectivity index (χ0v) is 8.25. The number of hydrogen-bond donors (Lipinski definition) is 1. The van der Waals surface area contributed by atoms with E-state index in [2.05, 4.69) is 15.3 Å². The summed E-state index contributed by atoms with van der Waals surface area (Å²) in [7, 11) is 0. The quantitative estimate of drug-likeness (QED) is 0.737. The van der Waals surface area contributed by atoms with Gasteiger partial charge in [0.05, 0.1) is 5.69 Å². The van der Waals surface area contributed by atoms with Gasteiger partial charge in [-0.3, -0.25) is 4.98 Å². The molecule has 0 aromatic carbocycles. The lowest BCUT2D eigenvalue weighted by molar-refractivity contribution is 0.453. The molecule has 0 radical (unpaired) electrons. The minimum Gasteiger partial charge on any atom is -0.366 e. The number of anilines is 1. The third-order valence-electron chi connectivity index (χ3n) is 2.30. The highest BCUT2D eigenvalue weighted by atomic mass is 35.5. The van der Waals surface area contributed by atoms with Crippen molar-refractivity contribution in [2.24, 2.45) is 0 Å². The Bertz CT molecular complexity index is 297. The first-order chi connectivity index (χ1) is 6.25. The number of aryl methyl sites for hydroxylation is 1. The molecule has 70 valence electrons. The molecule has 0 amide bonds. The van der Waals surface area contributed by atoms with Gasteiger partial charge < -0.3 is 5.32 Å². The van der Waals surface area contributed by atoms with Crippen molar-refractivity contribution in [2.75, 3.05) is 5.32 Å². The zero-order chi connectivity index (χ0) is 9.26. The summed E-state index contributed by atoms with van der Waals surface area (Å²) in [4.78, 5) is 8.36. The second kappa shape index (κ2) is 3.50. The highest BCUT2D eigenvalue weighted by Gasteiger charge is 2.27. The van der Waals surface area contributed by atoms with Gasteiger partial charge in [0.2, 0.25) is 0 Å². The molecular formula is C9H12ClN3. The first kappa shape index (κ1) is 8.75. The van der Waals surface area contributed by atoms with Crippen LogP contribution in [0.2, 0.25) is 0 Å². The van der Waals surface area contributed by atoms with Gasteiger partial charge >= 0.3 is 0 Å². The first-order valence-electron chi connectivity index (χ1n) is 4.44. The lowest BCUT2D eigenvalue weighted by atomic mass is 9.92. The second-order valence-electron chi connectivity index (χ2n) is 3.40. The Morgan fingerprint density at radius 2 is 2.08 bits per heavy atom. The van der Waals surface area contributed by atoms with E-state index >= 15 is 0 Å². The van der Waals surface area contributed by atoms with Gasteiger partial charge in [-0.25, -0.2) is 4.98 Å². The van der Waals surface area contributed by atoms with Crippen molar-refractivity contribution >= 4 is 17.4 Å². The van der Waals surface area contributed by atoms with Gasteiger partial charge in [0.1, 0.15) is 5.82 Å². The van der Waals surface area contributed by atoms with Crippen LogP contribution in [0.3, 0.4) is 0 Å². The van der Waals surface area contributed by atoms with E-state index in [0.717, 1.165) is 24.4 Å². The minimum absolute atomic E-state index is 0.342. The molecule has 0 saturated heterocycles. The summed E-state index contributed by atoms with van der Waals surface area (Å²) in [6, 6.07) is 0.484. The fraction of sp³-hybridized carbons (Fsp3) is 0.556. The standard InChI is InChI=1S/C9H12ClN3/c1-6-9(12-3-2-11-6)13-8-4-7(10)5-8/h2-3,7-8H,4-5H2,1H3,(H,12,13). The average molecular weight is 198 g/mol. The summed E-state index contributed by atoms with van der Waals surface area (Å²) < 4.78 is 0. The SMILES string of the molecule is Cc1nccnc1NC1CC(Cl)C1. The van der Waals surface area contributed by atoms with Crippen LogP contribution < -0.4 is 5.32 Å². The Balaban J connectivity index is 1.98. The van der Waals surface area contributed by atoms with Gasteiger partial charge in [-0.1, -0.05) is 0 Å². The second-order valence-corrected chi connectivity index (χ2v) is 4.02. The van der Waals surface area contributed by atoms with Crippen LogP contribution in [0.25, 0.3) is 0 Å². The van der Waals surface area contributed by atoms with Crippen LogP contribution in [0.1, 0.15) is 18.5 Å². The van der Waals surface area contributed by atoms with Gasteiger partial charge in [0, 0.05) is 23.8 Å². The van der Waals surface area contributed by atoms with Crippen molar-refractivity contribution in [3.8, 4) is 0 Å².